The van der Waals surface area contributed by atoms with Crippen molar-refractivity contribution in [3.63, 3.8) is 0 Å². The number of Topliss-reactive ketones (excluding diaryl/α,β-unsaturated/α-hetero) is 3. The van der Waals surface area contributed by atoms with Gasteiger partial charge in [0.1, 0.15) is 36.2 Å². The number of hydroxylamine groups is 1. The van der Waals surface area contributed by atoms with E-state index < -0.39 is 83.9 Å². The molecule has 0 aromatic heterocycles. The molecule has 1 unspecified atom stereocenters. The summed E-state index contributed by atoms with van der Waals surface area (Å²) < 4.78 is 30.2. The van der Waals surface area contributed by atoms with Crippen molar-refractivity contribution < 1.29 is 62.7 Å². The molecule has 1 aromatic carbocycles. The second kappa shape index (κ2) is 26.1. The van der Waals surface area contributed by atoms with Crippen LogP contribution < -0.4 is 5.06 Å². The third-order valence-corrected chi connectivity index (χ3v) is 16.8. The number of hydrogen-bond acceptors (Lipinski definition) is 14. The zero-order valence-electron chi connectivity index (χ0n) is 45.4. The lowest BCUT2D eigenvalue weighted by molar-refractivity contribution is -0.265. The van der Waals surface area contributed by atoms with Crippen molar-refractivity contribution in [2.24, 2.45) is 41.4 Å². The second-order valence-electron chi connectivity index (χ2n) is 22.3. The molecule has 15 heteroatoms. The highest BCUT2D eigenvalue weighted by molar-refractivity contribution is 6.39. The number of ether oxygens (including phenoxy) is 5. The van der Waals surface area contributed by atoms with Crippen molar-refractivity contribution in [3.8, 4) is 0 Å². The van der Waals surface area contributed by atoms with Crippen LogP contribution in [0.5, 0.6) is 0 Å². The summed E-state index contributed by atoms with van der Waals surface area (Å²) in [5, 5.41) is 25.7. The predicted octanol–water partition coefficient (Wildman–Crippen LogP) is 8.09. The van der Waals surface area contributed by atoms with Crippen molar-refractivity contribution in [2.75, 3.05) is 32.9 Å². The molecule has 17 atom stereocenters. The molecule has 2 N–H and O–H groups in total. The number of benzene rings is 1. The number of ketones is 3. The molecular formula is C58H86N2O13. The number of piperidine rings is 1. The van der Waals surface area contributed by atoms with Crippen LogP contribution in [0.25, 0.3) is 0 Å². The summed E-state index contributed by atoms with van der Waals surface area (Å²) >= 11 is 0. The first-order valence-electron chi connectivity index (χ1n) is 27.1. The molecule has 73 heavy (non-hydrogen) atoms. The quantitative estimate of drug-likeness (QED) is 0.152. The molecule has 0 radical (unpaired) electrons. The monoisotopic (exact) mass is 1020 g/mol. The third kappa shape index (κ3) is 14.0. The van der Waals surface area contributed by atoms with Gasteiger partial charge in [-0.15, -0.1) is 0 Å². The Hall–Kier alpha value is -4.09. The van der Waals surface area contributed by atoms with Crippen LogP contribution in [0.1, 0.15) is 132 Å². The average Bonchev–Trinajstić information content (AvgIpc) is 3.38. The van der Waals surface area contributed by atoms with Gasteiger partial charge in [0.05, 0.1) is 30.0 Å². The maximum atomic E-state index is 14.5. The summed E-state index contributed by atoms with van der Waals surface area (Å²) in [6.45, 7) is 15.2. The minimum Gasteiger partial charge on any atom is -0.460 e. The number of anilines is 1. The first kappa shape index (κ1) is 58.2. The molecule has 1 saturated carbocycles. The number of methoxy groups -OCH3 is 3. The molecule has 5 heterocycles. The number of hydrogen-bond donors (Lipinski definition) is 2. The van der Waals surface area contributed by atoms with E-state index in [1.165, 1.54) is 12.0 Å². The Kier molecular flexibility index (Phi) is 20.8. The van der Waals surface area contributed by atoms with E-state index in [0.29, 0.717) is 50.0 Å². The number of esters is 1. The number of carbonyl (C=O) groups excluding carboxylic acids is 5. The summed E-state index contributed by atoms with van der Waals surface area (Å²) in [6.07, 6.45) is 8.93. The lowest BCUT2D eigenvalue weighted by Gasteiger charge is -2.43. The molecule has 406 valence electrons. The fourth-order valence-electron chi connectivity index (χ4n) is 12.0. The molecule has 0 spiro atoms. The molecule has 5 aliphatic heterocycles. The lowest BCUT2D eigenvalue weighted by atomic mass is 9.76. The SMILES string of the molecule is CO[C@H]1C[C@@H]2CC[C@@H](C)[C@@](O)(O2)C(=O)C(=O)N2CCCC[C@H]2C(=O)O[C@@H](C(C)C[C@@H]2CC[C@@H](C)[C@H](OC)C2)CC(=O)[C@H](C)/C=C(\C)[C@@H](O)[C@@H](OC)C(=O)[C@H](C)C[C@H](C)[C@@H]2C=C[C@H](/C=C/1C)ON2c1ccccc1. The van der Waals surface area contributed by atoms with Gasteiger partial charge in [-0.25, -0.2) is 9.86 Å². The largest absolute Gasteiger partial charge is 0.460 e. The van der Waals surface area contributed by atoms with E-state index in [1.54, 1.807) is 41.1 Å². The second-order valence-corrected chi connectivity index (χ2v) is 22.3. The standard InChI is InChI=1S/C58H86N2O13/c1-34-20-22-42(31-49(34)68-9)29-37(4)51-33-48(61)36(3)28-40(7)53(63)54(70-11)52(62)39(6)27-35(2)46-25-24-45(73-60(46)43-17-13-12-14-18-43)30-38(5)50(69-10)32-44-23-21-41(8)58(67,72-44)55(64)56(65)59-26-16-15-19-47(59)57(66)71-51/h12-14,17-18,24-25,28,30,34-37,39,41-42,44-47,49-51,53-54,63,67H,15-16,19-23,26-27,29,31-33H2,1-11H3/b38-30+,40-28+/t34-,35+,36-,37?,39-,41-,42+,44+,45-,46+,47+,49-,50+,51-,53-,54+,58-/m1/s1. The van der Waals surface area contributed by atoms with Crippen LogP contribution in [-0.4, -0.2) is 133 Å². The number of nitrogens with zero attached hydrogens (tertiary/aromatic N) is 2. The Bertz CT molecular complexity index is 2140. The first-order valence-corrected chi connectivity index (χ1v) is 27.1. The highest BCUT2D eigenvalue weighted by Gasteiger charge is 2.53. The Morgan fingerprint density at radius 1 is 0.808 bits per heavy atom. The summed E-state index contributed by atoms with van der Waals surface area (Å²) in [6, 6.07) is 8.32. The molecule has 6 aliphatic rings. The van der Waals surface area contributed by atoms with Crippen LogP contribution in [0.2, 0.25) is 0 Å². The molecule has 1 aromatic rings. The van der Waals surface area contributed by atoms with Crippen LogP contribution in [0, 0.1) is 41.4 Å². The predicted molar refractivity (Wildman–Crippen MR) is 277 cm³/mol. The van der Waals surface area contributed by atoms with Gasteiger partial charge in [0.15, 0.2) is 5.78 Å². The van der Waals surface area contributed by atoms with Gasteiger partial charge in [-0.1, -0.05) is 78.0 Å². The van der Waals surface area contributed by atoms with E-state index in [9.17, 15) is 34.2 Å². The van der Waals surface area contributed by atoms with Crippen molar-refractivity contribution in [1.29, 1.82) is 0 Å². The normalized spacial score (nSPS) is 39.2. The van der Waals surface area contributed by atoms with Gasteiger partial charge in [-0.2, -0.15) is 0 Å². The Balaban J connectivity index is 1.35. The van der Waals surface area contributed by atoms with Crippen molar-refractivity contribution >= 4 is 34.9 Å². The topological polar surface area (TPSA) is 188 Å². The van der Waals surface area contributed by atoms with Crippen LogP contribution in [-0.2, 0) is 52.5 Å². The Morgan fingerprint density at radius 3 is 2.22 bits per heavy atom. The van der Waals surface area contributed by atoms with Crippen molar-refractivity contribution in [2.45, 2.75) is 193 Å². The van der Waals surface area contributed by atoms with E-state index in [4.69, 9.17) is 28.5 Å². The number of carbonyl (C=O) groups is 5. The Labute approximate surface area is 434 Å². The number of aliphatic hydroxyl groups is 2. The molecular weight excluding hydrogens is 933 g/mol. The van der Waals surface area contributed by atoms with Crippen molar-refractivity contribution in [3.05, 3.63) is 65.8 Å². The summed E-state index contributed by atoms with van der Waals surface area (Å²) in [4.78, 5) is 79.9. The lowest BCUT2D eigenvalue weighted by Crippen LogP contribution is -2.61. The fourth-order valence-corrected chi connectivity index (χ4v) is 12.0. The van der Waals surface area contributed by atoms with E-state index in [1.807, 2.05) is 68.3 Å². The molecule has 15 nitrogen and oxygen atoms in total. The van der Waals surface area contributed by atoms with E-state index >= 15 is 0 Å². The minimum atomic E-state index is -2.46. The van der Waals surface area contributed by atoms with Gasteiger partial charge >= 0.3 is 5.97 Å². The number of allylic oxidation sites excluding steroid dienone is 1. The van der Waals surface area contributed by atoms with Gasteiger partial charge < -0.3 is 38.8 Å². The highest BCUT2D eigenvalue weighted by Crippen LogP contribution is 2.39. The summed E-state index contributed by atoms with van der Waals surface area (Å²) in [7, 11) is 4.71. The zero-order chi connectivity index (χ0) is 53.3. The van der Waals surface area contributed by atoms with E-state index in [2.05, 4.69) is 19.9 Å². The van der Waals surface area contributed by atoms with Crippen LogP contribution in [0.15, 0.2) is 65.8 Å². The fraction of sp³-hybridized carbons (Fsp3) is 0.707. The number of amides is 1. The summed E-state index contributed by atoms with van der Waals surface area (Å²) in [5.74, 6) is -7.54. The van der Waals surface area contributed by atoms with Gasteiger partial charge in [0, 0.05) is 58.5 Å². The van der Waals surface area contributed by atoms with Crippen LogP contribution >= 0.6 is 0 Å². The molecule has 3 fully saturated rings. The maximum absolute atomic E-state index is 14.5. The smallest absolute Gasteiger partial charge is 0.329 e. The van der Waals surface area contributed by atoms with Gasteiger partial charge in [0.25, 0.3) is 11.7 Å². The number of fused-ring (bicyclic) bond motifs is 16. The van der Waals surface area contributed by atoms with E-state index in [0.717, 1.165) is 30.5 Å². The summed E-state index contributed by atoms with van der Waals surface area (Å²) in [5.41, 5.74) is 2.04. The third-order valence-electron chi connectivity index (χ3n) is 16.8. The van der Waals surface area contributed by atoms with Gasteiger partial charge in [-0.05, 0) is 131 Å². The zero-order valence-corrected chi connectivity index (χ0v) is 45.4. The minimum absolute atomic E-state index is 0.0900. The van der Waals surface area contributed by atoms with Crippen molar-refractivity contribution in [1.82, 2.24) is 4.90 Å². The highest BCUT2D eigenvalue weighted by atomic mass is 16.7. The van der Waals surface area contributed by atoms with Crippen LogP contribution in [0.4, 0.5) is 5.69 Å². The van der Waals surface area contributed by atoms with Gasteiger partial charge in [-0.3, -0.25) is 24.0 Å². The average molecular weight is 1020 g/mol. The Morgan fingerprint density at radius 2 is 1.53 bits per heavy atom. The maximum Gasteiger partial charge on any atom is 0.329 e. The molecule has 4 bridgehead atoms. The number of rotatable bonds is 7. The molecule has 1 aliphatic carbocycles. The molecule has 7 rings (SSSR count). The molecule has 1 amide bonds. The number of aliphatic hydroxyl groups excluding tert-OH is 1. The first-order chi connectivity index (χ1) is 34.7. The van der Waals surface area contributed by atoms with Crippen LogP contribution in [0.3, 0.4) is 0 Å². The number of para-hydroxylation sites is 1. The van der Waals surface area contributed by atoms with E-state index in [-0.39, 0.29) is 67.3 Å². The van der Waals surface area contributed by atoms with Gasteiger partial charge in [0.2, 0.25) is 5.79 Å². The molecule has 2 saturated heterocycles.